The molecule has 0 bridgehead atoms. The molecule has 0 unspecified atom stereocenters. The van der Waals surface area contributed by atoms with Crippen molar-refractivity contribution in [2.45, 2.75) is 13.8 Å². The lowest BCUT2D eigenvalue weighted by atomic mass is 10.3. The molecule has 80 valence electrons. The van der Waals surface area contributed by atoms with Gasteiger partial charge < -0.3 is 4.72 Å². The van der Waals surface area contributed by atoms with Crippen LogP contribution in [-0.2, 0) is 0 Å². The Kier molecular flexibility index (Phi) is 5.21. The van der Waals surface area contributed by atoms with Crippen LogP contribution in [0.2, 0.25) is 0 Å². The van der Waals surface area contributed by atoms with E-state index in [1.165, 1.54) is 0 Å². The monoisotopic (exact) mass is 238 g/mol. The number of rotatable bonds is 2. The summed E-state index contributed by atoms with van der Waals surface area (Å²) in [4.78, 5) is 5.40. The summed E-state index contributed by atoms with van der Waals surface area (Å²) < 4.78 is 2.80. The van der Waals surface area contributed by atoms with E-state index in [0.717, 1.165) is 15.6 Å². The van der Waals surface area contributed by atoms with Crippen LogP contribution in [-0.4, -0.2) is 4.98 Å². The molecule has 0 aliphatic carbocycles. The van der Waals surface area contributed by atoms with Gasteiger partial charge in [0.25, 0.3) is 0 Å². The zero-order valence-corrected chi connectivity index (χ0v) is 10.5. The Morgan fingerprint density at radius 3 is 2.53 bits per heavy atom. The molecule has 0 atom stereocenters. The first-order valence-corrected chi connectivity index (χ1v) is 6.08. The maximum atomic E-state index is 4.25. The number of pyridine rings is 1. The van der Waals surface area contributed by atoms with Crippen LogP contribution in [0.4, 0.5) is 5.00 Å². The minimum absolute atomic E-state index is 1.00. The second kappa shape index (κ2) is 6.48. The van der Waals surface area contributed by atoms with Gasteiger partial charge in [0.05, 0.1) is 15.6 Å². The maximum absolute atomic E-state index is 4.25. The van der Waals surface area contributed by atoms with Gasteiger partial charge in [0, 0.05) is 6.20 Å². The van der Waals surface area contributed by atoms with Crippen molar-refractivity contribution in [3.8, 4) is 10.6 Å². The highest BCUT2D eigenvalue weighted by Crippen LogP contribution is 2.29. The fourth-order valence-corrected chi connectivity index (χ4v) is 2.04. The molecular formula is C11H14N2S2. The van der Waals surface area contributed by atoms with Crippen LogP contribution >= 0.6 is 24.2 Å². The SMILES string of the molecule is CC.SNc1ccc(-c2ccccn2)s1. The van der Waals surface area contributed by atoms with Crippen molar-refractivity contribution in [2.24, 2.45) is 0 Å². The first-order valence-electron chi connectivity index (χ1n) is 4.81. The summed E-state index contributed by atoms with van der Waals surface area (Å²) in [5.74, 6) is 0. The molecule has 0 saturated carbocycles. The Bertz CT molecular complexity index is 384. The van der Waals surface area contributed by atoms with Gasteiger partial charge in [0.2, 0.25) is 0 Å². The molecule has 4 heteroatoms. The molecule has 0 amide bonds. The van der Waals surface area contributed by atoms with Crippen LogP contribution in [0, 0.1) is 0 Å². The van der Waals surface area contributed by atoms with Crippen molar-refractivity contribution < 1.29 is 0 Å². The molecule has 2 nitrogen and oxygen atoms in total. The Morgan fingerprint density at radius 1 is 1.20 bits per heavy atom. The smallest absolute Gasteiger partial charge is 0.0986 e. The highest BCUT2D eigenvalue weighted by molar-refractivity contribution is 7.82. The number of nitrogens with one attached hydrogen (secondary N) is 1. The summed E-state index contributed by atoms with van der Waals surface area (Å²) >= 11 is 5.61. The summed E-state index contributed by atoms with van der Waals surface area (Å²) in [6.07, 6.45) is 1.79. The van der Waals surface area contributed by atoms with Crippen LogP contribution in [0.1, 0.15) is 13.8 Å². The van der Waals surface area contributed by atoms with Gasteiger partial charge >= 0.3 is 0 Å². The molecule has 0 saturated heterocycles. The Morgan fingerprint density at radius 2 is 2.00 bits per heavy atom. The summed E-state index contributed by atoms with van der Waals surface area (Å²) in [6.45, 7) is 4.00. The Balaban J connectivity index is 0.000000531. The van der Waals surface area contributed by atoms with Crippen molar-refractivity contribution >= 4 is 29.2 Å². The minimum atomic E-state index is 1.00. The molecule has 2 rings (SSSR count). The van der Waals surface area contributed by atoms with Gasteiger partial charge in [-0.3, -0.25) is 4.98 Å². The summed E-state index contributed by atoms with van der Waals surface area (Å²) in [5, 5.41) is 1.03. The summed E-state index contributed by atoms with van der Waals surface area (Å²) in [6, 6.07) is 9.91. The van der Waals surface area contributed by atoms with Crippen LogP contribution in [0.3, 0.4) is 0 Å². The normalized spacial score (nSPS) is 9.00. The van der Waals surface area contributed by atoms with E-state index in [0.29, 0.717) is 0 Å². The lowest BCUT2D eigenvalue weighted by molar-refractivity contribution is 1.34. The van der Waals surface area contributed by atoms with Crippen LogP contribution < -0.4 is 4.72 Å². The third-order valence-corrected chi connectivity index (χ3v) is 3.05. The van der Waals surface area contributed by atoms with E-state index >= 15 is 0 Å². The summed E-state index contributed by atoms with van der Waals surface area (Å²) in [7, 11) is 0. The third kappa shape index (κ3) is 3.25. The fourth-order valence-electron chi connectivity index (χ4n) is 1.04. The van der Waals surface area contributed by atoms with E-state index < -0.39 is 0 Å². The van der Waals surface area contributed by atoms with Crippen LogP contribution in [0.25, 0.3) is 10.6 Å². The van der Waals surface area contributed by atoms with Crippen molar-refractivity contribution in [1.29, 1.82) is 0 Å². The number of hydrogen-bond acceptors (Lipinski definition) is 4. The Labute approximate surface area is 99.9 Å². The van der Waals surface area contributed by atoms with Gasteiger partial charge in [-0.25, -0.2) is 0 Å². The largest absolute Gasteiger partial charge is 0.324 e. The van der Waals surface area contributed by atoms with Crippen LogP contribution in [0.5, 0.6) is 0 Å². The molecule has 1 N–H and O–H groups in total. The number of anilines is 1. The number of aromatic nitrogens is 1. The predicted octanol–water partition coefficient (Wildman–Crippen LogP) is 4.09. The first kappa shape index (κ1) is 12.1. The van der Waals surface area contributed by atoms with Crippen molar-refractivity contribution in [2.75, 3.05) is 4.72 Å². The van der Waals surface area contributed by atoms with Gasteiger partial charge in [0.1, 0.15) is 0 Å². The number of thiol groups is 1. The van der Waals surface area contributed by atoms with E-state index in [2.05, 4.69) is 22.5 Å². The molecule has 0 fully saturated rings. The zero-order valence-electron chi connectivity index (χ0n) is 8.77. The topological polar surface area (TPSA) is 24.9 Å². The van der Waals surface area contributed by atoms with Gasteiger partial charge in [-0.05, 0) is 24.3 Å². The maximum Gasteiger partial charge on any atom is 0.0986 e. The average Bonchev–Trinajstić information content (AvgIpc) is 2.81. The highest BCUT2D eigenvalue weighted by Gasteiger charge is 2.01. The van der Waals surface area contributed by atoms with Crippen molar-refractivity contribution in [3.63, 3.8) is 0 Å². The van der Waals surface area contributed by atoms with E-state index in [9.17, 15) is 0 Å². The van der Waals surface area contributed by atoms with E-state index in [1.807, 2.05) is 44.2 Å². The molecule has 0 radical (unpaired) electrons. The lowest BCUT2D eigenvalue weighted by Crippen LogP contribution is -1.75. The average molecular weight is 238 g/mol. The fraction of sp³-hybridized carbons (Fsp3) is 0.182. The predicted molar refractivity (Wildman–Crippen MR) is 71.5 cm³/mol. The van der Waals surface area contributed by atoms with E-state index in [4.69, 9.17) is 0 Å². The van der Waals surface area contributed by atoms with Gasteiger partial charge in [-0.1, -0.05) is 32.7 Å². The molecule has 0 aliphatic heterocycles. The first-order chi connectivity index (χ1) is 7.40. The molecule has 0 spiro atoms. The molecule has 0 aromatic carbocycles. The molecule has 2 aromatic heterocycles. The van der Waals surface area contributed by atoms with E-state index in [-0.39, 0.29) is 0 Å². The minimum Gasteiger partial charge on any atom is -0.324 e. The number of thiophene rings is 1. The molecule has 0 aliphatic rings. The van der Waals surface area contributed by atoms with Crippen molar-refractivity contribution in [3.05, 3.63) is 36.5 Å². The number of hydrogen-bond donors (Lipinski definition) is 2. The highest BCUT2D eigenvalue weighted by atomic mass is 32.1. The lowest BCUT2D eigenvalue weighted by Gasteiger charge is -1.93. The van der Waals surface area contributed by atoms with Gasteiger partial charge in [-0.2, -0.15) is 0 Å². The van der Waals surface area contributed by atoms with Crippen molar-refractivity contribution in [1.82, 2.24) is 4.98 Å². The third-order valence-electron chi connectivity index (χ3n) is 1.63. The molecule has 2 heterocycles. The number of nitrogens with zero attached hydrogens (tertiary/aromatic N) is 1. The van der Waals surface area contributed by atoms with Gasteiger partial charge in [-0.15, -0.1) is 11.3 Å². The van der Waals surface area contributed by atoms with Crippen LogP contribution in [0.15, 0.2) is 36.5 Å². The second-order valence-electron chi connectivity index (χ2n) is 2.49. The quantitative estimate of drug-likeness (QED) is 0.770. The molecular weight excluding hydrogens is 224 g/mol. The zero-order chi connectivity index (χ0) is 11.1. The molecule has 15 heavy (non-hydrogen) atoms. The standard InChI is InChI=1S/C9H8N2S2.C2H6/c12-11-9-5-4-8(13-9)7-3-1-2-6-10-7;1-2/h1-6,11-12H;1-2H3. The Hall–Kier alpha value is -1.00. The summed E-state index contributed by atoms with van der Waals surface area (Å²) in [5.41, 5.74) is 1.00. The van der Waals surface area contributed by atoms with Gasteiger partial charge in [0.15, 0.2) is 0 Å². The molecule has 2 aromatic rings. The second-order valence-corrected chi connectivity index (χ2v) is 3.80. The van der Waals surface area contributed by atoms with E-state index in [1.54, 1.807) is 17.5 Å².